The van der Waals surface area contributed by atoms with E-state index in [9.17, 15) is 0 Å². The molecule has 1 aromatic carbocycles. The SMILES string of the molecule is CNC(c1cncc(C)c1)c1ccc(Br)cc1Br. The molecule has 0 fully saturated rings. The van der Waals surface area contributed by atoms with Crippen molar-refractivity contribution in [3.8, 4) is 0 Å². The minimum atomic E-state index is 0.139. The molecule has 1 heterocycles. The molecule has 2 rings (SSSR count). The van der Waals surface area contributed by atoms with Crippen molar-refractivity contribution in [1.82, 2.24) is 10.3 Å². The first kappa shape index (κ1) is 13.7. The molecule has 1 aromatic heterocycles. The Labute approximate surface area is 124 Å². The molecule has 94 valence electrons. The van der Waals surface area contributed by atoms with E-state index in [2.05, 4.69) is 67.3 Å². The van der Waals surface area contributed by atoms with Gasteiger partial charge in [-0.25, -0.2) is 0 Å². The lowest BCUT2D eigenvalue weighted by molar-refractivity contribution is 0.685. The van der Waals surface area contributed by atoms with Crippen molar-refractivity contribution in [2.75, 3.05) is 7.05 Å². The van der Waals surface area contributed by atoms with E-state index in [4.69, 9.17) is 0 Å². The highest BCUT2D eigenvalue weighted by Gasteiger charge is 2.15. The number of aromatic nitrogens is 1. The fourth-order valence-electron chi connectivity index (χ4n) is 1.97. The Hall–Kier alpha value is -0.710. The number of halogens is 2. The van der Waals surface area contributed by atoms with E-state index in [0.717, 1.165) is 8.95 Å². The Bertz CT molecular complexity index is 555. The number of aryl methyl sites for hydroxylation is 1. The van der Waals surface area contributed by atoms with Gasteiger partial charge in [-0.1, -0.05) is 44.0 Å². The molecule has 2 nitrogen and oxygen atoms in total. The number of pyridine rings is 1. The van der Waals surface area contributed by atoms with Crippen LogP contribution < -0.4 is 5.32 Å². The highest BCUT2D eigenvalue weighted by Crippen LogP contribution is 2.30. The lowest BCUT2D eigenvalue weighted by Gasteiger charge is -2.19. The average molecular weight is 370 g/mol. The Kier molecular flexibility index (Phi) is 4.54. The Morgan fingerprint density at radius 3 is 2.56 bits per heavy atom. The summed E-state index contributed by atoms with van der Waals surface area (Å²) in [7, 11) is 1.96. The van der Waals surface area contributed by atoms with Crippen LogP contribution in [0.2, 0.25) is 0 Å². The van der Waals surface area contributed by atoms with Crippen molar-refractivity contribution in [3.05, 3.63) is 62.3 Å². The Morgan fingerprint density at radius 1 is 1.17 bits per heavy atom. The van der Waals surface area contributed by atoms with E-state index in [1.165, 1.54) is 16.7 Å². The molecule has 1 unspecified atom stereocenters. The minimum absolute atomic E-state index is 0.139. The van der Waals surface area contributed by atoms with E-state index in [1.54, 1.807) is 0 Å². The fourth-order valence-corrected chi connectivity index (χ4v) is 3.25. The summed E-state index contributed by atoms with van der Waals surface area (Å²) in [4.78, 5) is 4.26. The second kappa shape index (κ2) is 5.95. The zero-order valence-electron chi connectivity index (χ0n) is 10.2. The smallest absolute Gasteiger partial charge is 0.0600 e. The predicted molar refractivity (Wildman–Crippen MR) is 81.7 cm³/mol. The predicted octanol–water partition coefficient (Wildman–Crippen LogP) is 4.22. The molecule has 4 heteroatoms. The summed E-state index contributed by atoms with van der Waals surface area (Å²) in [6.07, 6.45) is 3.77. The number of nitrogens with one attached hydrogen (secondary N) is 1. The third-order valence-electron chi connectivity index (χ3n) is 2.79. The number of nitrogens with zero attached hydrogens (tertiary/aromatic N) is 1. The van der Waals surface area contributed by atoms with Crippen LogP contribution in [0.5, 0.6) is 0 Å². The average Bonchev–Trinajstić information content (AvgIpc) is 2.33. The largest absolute Gasteiger partial charge is 0.309 e. The first-order valence-corrected chi connectivity index (χ1v) is 7.24. The maximum atomic E-state index is 4.26. The molecule has 0 aliphatic rings. The third-order valence-corrected chi connectivity index (χ3v) is 3.97. The van der Waals surface area contributed by atoms with E-state index in [0.29, 0.717) is 0 Å². The van der Waals surface area contributed by atoms with Crippen molar-refractivity contribution in [3.63, 3.8) is 0 Å². The van der Waals surface area contributed by atoms with Gasteiger partial charge >= 0.3 is 0 Å². The molecule has 0 aliphatic heterocycles. The molecule has 0 amide bonds. The quantitative estimate of drug-likeness (QED) is 0.875. The monoisotopic (exact) mass is 368 g/mol. The zero-order valence-corrected chi connectivity index (χ0v) is 13.4. The van der Waals surface area contributed by atoms with Crippen LogP contribution in [-0.4, -0.2) is 12.0 Å². The minimum Gasteiger partial charge on any atom is -0.309 e. The molecule has 0 spiro atoms. The molecule has 0 saturated carbocycles. The van der Waals surface area contributed by atoms with Gasteiger partial charge in [0.25, 0.3) is 0 Å². The maximum Gasteiger partial charge on any atom is 0.0600 e. The van der Waals surface area contributed by atoms with Gasteiger partial charge in [0.05, 0.1) is 6.04 Å². The van der Waals surface area contributed by atoms with Crippen LogP contribution in [-0.2, 0) is 0 Å². The van der Waals surface area contributed by atoms with Crippen molar-refractivity contribution in [2.45, 2.75) is 13.0 Å². The Balaban J connectivity index is 2.45. The van der Waals surface area contributed by atoms with E-state index in [-0.39, 0.29) is 6.04 Å². The molecule has 0 bridgehead atoms. The number of rotatable bonds is 3. The summed E-state index contributed by atoms with van der Waals surface area (Å²) in [5.41, 5.74) is 3.54. The molecule has 1 atom stereocenters. The number of benzene rings is 1. The molecule has 2 aromatic rings. The Morgan fingerprint density at radius 2 is 1.94 bits per heavy atom. The van der Waals surface area contributed by atoms with Crippen LogP contribution in [0, 0.1) is 6.92 Å². The first-order valence-electron chi connectivity index (χ1n) is 5.65. The molecule has 18 heavy (non-hydrogen) atoms. The van der Waals surface area contributed by atoms with Crippen LogP contribution in [0.3, 0.4) is 0 Å². The van der Waals surface area contributed by atoms with Gasteiger partial charge in [-0.3, -0.25) is 4.98 Å². The summed E-state index contributed by atoms with van der Waals surface area (Å²) >= 11 is 7.09. The van der Waals surface area contributed by atoms with Crippen LogP contribution in [0.1, 0.15) is 22.7 Å². The lowest BCUT2D eigenvalue weighted by Crippen LogP contribution is -2.18. The maximum absolute atomic E-state index is 4.26. The highest BCUT2D eigenvalue weighted by molar-refractivity contribution is 9.11. The molecular weight excluding hydrogens is 356 g/mol. The van der Waals surface area contributed by atoms with E-state index >= 15 is 0 Å². The summed E-state index contributed by atoms with van der Waals surface area (Å²) in [5.74, 6) is 0. The summed E-state index contributed by atoms with van der Waals surface area (Å²) < 4.78 is 2.15. The van der Waals surface area contributed by atoms with Gasteiger partial charge in [0.2, 0.25) is 0 Å². The molecule has 0 radical (unpaired) electrons. The highest BCUT2D eigenvalue weighted by atomic mass is 79.9. The second-order valence-corrected chi connectivity index (χ2v) is 5.95. The summed E-state index contributed by atoms with van der Waals surface area (Å²) in [6.45, 7) is 2.06. The van der Waals surface area contributed by atoms with Crippen molar-refractivity contribution in [1.29, 1.82) is 0 Å². The molecule has 0 saturated heterocycles. The van der Waals surface area contributed by atoms with E-state index in [1.807, 2.05) is 25.5 Å². The number of hydrogen-bond acceptors (Lipinski definition) is 2. The van der Waals surface area contributed by atoms with Crippen molar-refractivity contribution >= 4 is 31.9 Å². The van der Waals surface area contributed by atoms with Gasteiger partial charge in [0, 0.05) is 21.3 Å². The van der Waals surface area contributed by atoms with Crippen LogP contribution >= 0.6 is 31.9 Å². The van der Waals surface area contributed by atoms with Crippen LogP contribution in [0.4, 0.5) is 0 Å². The van der Waals surface area contributed by atoms with Gasteiger partial charge in [0.1, 0.15) is 0 Å². The molecule has 1 N–H and O–H groups in total. The third kappa shape index (κ3) is 2.99. The fraction of sp³-hybridized carbons (Fsp3) is 0.214. The second-order valence-electron chi connectivity index (χ2n) is 4.18. The van der Waals surface area contributed by atoms with Crippen LogP contribution in [0.15, 0.2) is 45.6 Å². The van der Waals surface area contributed by atoms with Gasteiger partial charge in [0.15, 0.2) is 0 Å². The number of hydrogen-bond donors (Lipinski definition) is 1. The standard InChI is InChI=1S/C14H14Br2N2/c1-9-5-10(8-18-7-9)14(17-2)12-4-3-11(15)6-13(12)16/h3-8,14,17H,1-2H3. The summed E-state index contributed by atoms with van der Waals surface area (Å²) in [6, 6.07) is 8.51. The van der Waals surface area contributed by atoms with Crippen molar-refractivity contribution < 1.29 is 0 Å². The normalized spacial score (nSPS) is 12.4. The van der Waals surface area contributed by atoms with Crippen molar-refractivity contribution in [2.24, 2.45) is 0 Å². The van der Waals surface area contributed by atoms with Gasteiger partial charge in [-0.05, 0) is 42.8 Å². The first-order chi connectivity index (χ1) is 8.61. The molecule has 0 aliphatic carbocycles. The van der Waals surface area contributed by atoms with Gasteiger partial charge in [-0.15, -0.1) is 0 Å². The zero-order chi connectivity index (χ0) is 13.1. The van der Waals surface area contributed by atoms with Crippen LogP contribution in [0.25, 0.3) is 0 Å². The topological polar surface area (TPSA) is 24.9 Å². The van der Waals surface area contributed by atoms with Gasteiger partial charge < -0.3 is 5.32 Å². The lowest BCUT2D eigenvalue weighted by atomic mass is 9.99. The van der Waals surface area contributed by atoms with Gasteiger partial charge in [-0.2, -0.15) is 0 Å². The van der Waals surface area contributed by atoms with E-state index < -0.39 is 0 Å². The molecular formula is C14H14Br2N2. The summed E-state index contributed by atoms with van der Waals surface area (Å²) in [5, 5.41) is 3.34.